The van der Waals surface area contributed by atoms with Gasteiger partial charge in [0.1, 0.15) is 0 Å². The molecule has 16 heavy (non-hydrogen) atoms. The Labute approximate surface area is 94.7 Å². The highest BCUT2D eigenvalue weighted by Gasteiger charge is 2.07. The molecule has 0 unspecified atom stereocenters. The van der Waals surface area contributed by atoms with Gasteiger partial charge in [-0.1, -0.05) is 24.3 Å². The van der Waals surface area contributed by atoms with Crippen LogP contribution in [0.15, 0.2) is 42.7 Å². The fraction of sp³-hybridized carbons (Fsp3) is 0.231. The molecule has 0 N–H and O–H groups in total. The maximum absolute atomic E-state index is 11.9. The maximum Gasteiger partial charge on any atom is 0.164 e. The number of Topliss-reactive ketones (excluding diaryl/α,β-unsaturated/α-hetero) is 1. The quantitative estimate of drug-likeness (QED) is 0.733. The Hall–Kier alpha value is -1.90. The third-order valence-electron chi connectivity index (χ3n) is 2.57. The van der Waals surface area contributed by atoms with Crippen LogP contribution in [0.2, 0.25) is 0 Å². The molecule has 2 rings (SSSR count). The number of rotatable bonds is 4. The van der Waals surface area contributed by atoms with E-state index in [-0.39, 0.29) is 5.78 Å². The zero-order chi connectivity index (χ0) is 11.4. The molecule has 0 amide bonds. The minimum Gasteiger partial charge on any atom is -0.294 e. The van der Waals surface area contributed by atoms with Gasteiger partial charge in [0.2, 0.25) is 0 Å². The zero-order valence-electron chi connectivity index (χ0n) is 9.26. The van der Waals surface area contributed by atoms with Gasteiger partial charge >= 0.3 is 0 Å². The molecule has 3 nitrogen and oxygen atoms in total. The lowest BCUT2D eigenvalue weighted by atomic mass is 10.0. The number of ketones is 1. The number of hydrogen-bond donors (Lipinski definition) is 0. The largest absolute Gasteiger partial charge is 0.294 e. The third-order valence-corrected chi connectivity index (χ3v) is 2.57. The predicted molar refractivity (Wildman–Crippen MR) is 62.4 cm³/mol. The molecule has 0 atom stereocenters. The molecule has 3 heteroatoms. The molecule has 0 radical (unpaired) electrons. The van der Waals surface area contributed by atoms with E-state index in [9.17, 15) is 4.79 Å². The summed E-state index contributed by atoms with van der Waals surface area (Å²) in [5.74, 6) is 0.175. The summed E-state index contributed by atoms with van der Waals surface area (Å²) in [4.78, 5) is 11.9. The van der Waals surface area contributed by atoms with Crippen molar-refractivity contribution < 1.29 is 4.79 Å². The summed E-state index contributed by atoms with van der Waals surface area (Å²) < 4.78 is 1.77. The topological polar surface area (TPSA) is 34.9 Å². The van der Waals surface area contributed by atoms with Gasteiger partial charge in [0.15, 0.2) is 5.78 Å². The van der Waals surface area contributed by atoms with Crippen molar-refractivity contribution in [2.75, 3.05) is 0 Å². The summed E-state index contributed by atoms with van der Waals surface area (Å²) in [5, 5.41) is 4.07. The van der Waals surface area contributed by atoms with E-state index in [0.717, 1.165) is 11.1 Å². The highest BCUT2D eigenvalue weighted by atomic mass is 16.1. The molecule has 2 aromatic rings. The fourth-order valence-corrected chi connectivity index (χ4v) is 1.67. The molecule has 0 aliphatic heterocycles. The Morgan fingerprint density at radius 3 is 2.81 bits per heavy atom. The van der Waals surface area contributed by atoms with Crippen molar-refractivity contribution in [1.82, 2.24) is 9.78 Å². The van der Waals surface area contributed by atoms with Crippen LogP contribution in [0.25, 0.3) is 0 Å². The summed E-state index contributed by atoms with van der Waals surface area (Å²) in [6.07, 6.45) is 4.08. The highest BCUT2D eigenvalue weighted by molar-refractivity contribution is 5.97. The Morgan fingerprint density at radius 2 is 2.12 bits per heavy atom. The smallest absolute Gasteiger partial charge is 0.164 e. The summed E-state index contributed by atoms with van der Waals surface area (Å²) >= 11 is 0. The van der Waals surface area contributed by atoms with Gasteiger partial charge in [0.25, 0.3) is 0 Å². The van der Waals surface area contributed by atoms with Crippen LogP contribution >= 0.6 is 0 Å². The predicted octanol–water partition coefficient (Wildman–Crippen LogP) is 2.46. The van der Waals surface area contributed by atoms with E-state index >= 15 is 0 Å². The van der Waals surface area contributed by atoms with E-state index in [0.29, 0.717) is 13.0 Å². The van der Waals surface area contributed by atoms with Crippen LogP contribution in [0.1, 0.15) is 22.3 Å². The SMILES string of the molecule is Cc1ccccc1C(=O)CCn1cccn1. The molecule has 1 aromatic heterocycles. The molecule has 1 aromatic carbocycles. The number of carbonyl (C=O) groups excluding carboxylic acids is 1. The van der Waals surface area contributed by atoms with Gasteiger partial charge in [0, 0.05) is 30.9 Å². The monoisotopic (exact) mass is 214 g/mol. The van der Waals surface area contributed by atoms with Crippen molar-refractivity contribution >= 4 is 5.78 Å². The van der Waals surface area contributed by atoms with E-state index < -0.39 is 0 Å². The Morgan fingerprint density at radius 1 is 1.31 bits per heavy atom. The average molecular weight is 214 g/mol. The lowest BCUT2D eigenvalue weighted by molar-refractivity contribution is 0.0975. The zero-order valence-corrected chi connectivity index (χ0v) is 9.26. The minimum absolute atomic E-state index is 0.175. The minimum atomic E-state index is 0.175. The first-order valence-corrected chi connectivity index (χ1v) is 5.33. The fourth-order valence-electron chi connectivity index (χ4n) is 1.67. The first-order valence-electron chi connectivity index (χ1n) is 5.33. The number of nitrogens with zero attached hydrogens (tertiary/aromatic N) is 2. The van der Waals surface area contributed by atoms with Gasteiger partial charge in [0.05, 0.1) is 0 Å². The third kappa shape index (κ3) is 2.37. The van der Waals surface area contributed by atoms with Crippen LogP contribution in [-0.4, -0.2) is 15.6 Å². The van der Waals surface area contributed by atoms with Crippen molar-refractivity contribution in [2.24, 2.45) is 0 Å². The van der Waals surface area contributed by atoms with Crippen molar-refractivity contribution in [1.29, 1.82) is 0 Å². The number of aryl methyl sites for hydroxylation is 2. The second kappa shape index (κ2) is 4.75. The lowest BCUT2D eigenvalue weighted by Crippen LogP contribution is -2.07. The van der Waals surface area contributed by atoms with E-state index in [4.69, 9.17) is 0 Å². The number of hydrogen-bond acceptors (Lipinski definition) is 2. The van der Waals surface area contributed by atoms with Gasteiger partial charge in [-0.2, -0.15) is 5.10 Å². The lowest BCUT2D eigenvalue weighted by Gasteiger charge is -2.04. The van der Waals surface area contributed by atoms with Gasteiger partial charge in [-0.25, -0.2) is 0 Å². The summed E-state index contributed by atoms with van der Waals surface area (Å²) in [5.41, 5.74) is 1.85. The van der Waals surface area contributed by atoms with E-state index in [1.165, 1.54) is 0 Å². The number of benzene rings is 1. The molecule has 82 valence electrons. The molecule has 0 aliphatic rings. The number of carbonyl (C=O) groups is 1. The van der Waals surface area contributed by atoms with Crippen LogP contribution in [0.4, 0.5) is 0 Å². The molecule has 0 aliphatic carbocycles. The Balaban J connectivity index is 2.01. The van der Waals surface area contributed by atoms with Crippen LogP contribution in [-0.2, 0) is 6.54 Å². The van der Waals surface area contributed by atoms with Crippen LogP contribution in [0.3, 0.4) is 0 Å². The molecular formula is C13H14N2O. The summed E-state index contributed by atoms with van der Waals surface area (Å²) in [7, 11) is 0. The van der Waals surface area contributed by atoms with Gasteiger partial charge < -0.3 is 0 Å². The van der Waals surface area contributed by atoms with Crippen LogP contribution in [0, 0.1) is 6.92 Å². The second-order valence-electron chi connectivity index (χ2n) is 3.76. The van der Waals surface area contributed by atoms with Gasteiger partial charge in [-0.05, 0) is 18.6 Å². The standard InChI is InChI=1S/C13H14N2O/c1-11-5-2-3-6-12(11)13(16)7-10-15-9-4-8-14-15/h2-6,8-9H,7,10H2,1H3. The Bertz CT molecular complexity index is 474. The molecule has 0 fully saturated rings. The highest BCUT2D eigenvalue weighted by Crippen LogP contribution is 2.10. The van der Waals surface area contributed by atoms with Crippen LogP contribution in [0.5, 0.6) is 0 Å². The van der Waals surface area contributed by atoms with E-state index in [1.807, 2.05) is 43.5 Å². The first-order chi connectivity index (χ1) is 7.77. The van der Waals surface area contributed by atoms with Gasteiger partial charge in [-0.3, -0.25) is 9.48 Å². The second-order valence-corrected chi connectivity index (χ2v) is 3.76. The first kappa shape index (κ1) is 10.6. The molecule has 0 spiro atoms. The molecule has 0 saturated carbocycles. The Kier molecular flexibility index (Phi) is 3.15. The average Bonchev–Trinajstić information content (AvgIpc) is 2.79. The summed E-state index contributed by atoms with van der Waals surface area (Å²) in [6, 6.07) is 9.54. The van der Waals surface area contributed by atoms with Crippen molar-refractivity contribution in [3.8, 4) is 0 Å². The van der Waals surface area contributed by atoms with Gasteiger partial charge in [-0.15, -0.1) is 0 Å². The molecule has 0 saturated heterocycles. The normalized spacial score (nSPS) is 10.3. The molecule has 0 bridgehead atoms. The van der Waals surface area contributed by atoms with Crippen molar-refractivity contribution in [2.45, 2.75) is 19.9 Å². The van der Waals surface area contributed by atoms with E-state index in [1.54, 1.807) is 10.9 Å². The number of aromatic nitrogens is 2. The van der Waals surface area contributed by atoms with Crippen molar-refractivity contribution in [3.63, 3.8) is 0 Å². The maximum atomic E-state index is 11.9. The molecule has 1 heterocycles. The van der Waals surface area contributed by atoms with E-state index in [2.05, 4.69) is 5.10 Å². The van der Waals surface area contributed by atoms with Crippen LogP contribution < -0.4 is 0 Å². The molecular weight excluding hydrogens is 200 g/mol. The summed E-state index contributed by atoms with van der Waals surface area (Å²) in [6.45, 7) is 2.60. The van der Waals surface area contributed by atoms with Crippen molar-refractivity contribution in [3.05, 3.63) is 53.9 Å².